The van der Waals surface area contributed by atoms with Crippen molar-refractivity contribution >= 4 is 22.7 Å². The summed E-state index contributed by atoms with van der Waals surface area (Å²) in [4.78, 5) is 17.1. The minimum Gasteiger partial charge on any atom is -0.443 e. The number of aromatic nitrogens is 2. The predicted octanol–water partition coefficient (Wildman–Crippen LogP) is 5.17. The third-order valence-corrected chi connectivity index (χ3v) is 6.34. The van der Waals surface area contributed by atoms with E-state index < -0.39 is 5.60 Å². The van der Waals surface area contributed by atoms with Gasteiger partial charge < -0.3 is 9.64 Å². The van der Waals surface area contributed by atoms with E-state index in [2.05, 4.69) is 60.9 Å². The van der Waals surface area contributed by atoms with E-state index in [0.717, 1.165) is 48.1 Å². The van der Waals surface area contributed by atoms with Gasteiger partial charge in [-0.3, -0.25) is 9.58 Å². The fourth-order valence-electron chi connectivity index (χ4n) is 4.77. The summed E-state index contributed by atoms with van der Waals surface area (Å²) in [6.45, 7) is 13.1. The summed E-state index contributed by atoms with van der Waals surface area (Å²) in [5.41, 5.74) is 2.41. The van der Waals surface area contributed by atoms with Gasteiger partial charge >= 0.3 is 6.09 Å². The van der Waals surface area contributed by atoms with Gasteiger partial charge in [-0.25, -0.2) is 4.79 Å². The maximum atomic E-state index is 12.9. The SMILES string of the molecule is C[C@H]1CC=C(c2ccc3cn([C@@H]4CCN(C)C[C@H]4C)nc3c2)N(C(=O)OC(C)(C)C)C1. The van der Waals surface area contributed by atoms with Crippen molar-refractivity contribution in [2.75, 3.05) is 26.7 Å². The molecule has 4 rings (SSSR count). The summed E-state index contributed by atoms with van der Waals surface area (Å²) in [6, 6.07) is 6.77. The zero-order valence-electron chi connectivity index (χ0n) is 19.8. The smallest absolute Gasteiger partial charge is 0.414 e. The van der Waals surface area contributed by atoms with Gasteiger partial charge in [-0.1, -0.05) is 32.1 Å². The largest absolute Gasteiger partial charge is 0.443 e. The summed E-state index contributed by atoms with van der Waals surface area (Å²) in [6.07, 6.45) is 6.13. The molecule has 3 heterocycles. The average molecular weight is 425 g/mol. The molecular weight excluding hydrogens is 388 g/mol. The Morgan fingerprint density at radius 1 is 1.19 bits per heavy atom. The van der Waals surface area contributed by atoms with Gasteiger partial charge in [0.1, 0.15) is 5.60 Å². The van der Waals surface area contributed by atoms with Crippen molar-refractivity contribution in [3.05, 3.63) is 36.0 Å². The van der Waals surface area contributed by atoms with Crippen molar-refractivity contribution in [1.82, 2.24) is 19.6 Å². The van der Waals surface area contributed by atoms with Crippen LogP contribution < -0.4 is 0 Å². The van der Waals surface area contributed by atoms with Crippen LogP contribution in [0.25, 0.3) is 16.6 Å². The molecular formula is C25H36N4O2. The van der Waals surface area contributed by atoms with Crippen molar-refractivity contribution in [3.63, 3.8) is 0 Å². The molecule has 0 spiro atoms. The summed E-state index contributed by atoms with van der Waals surface area (Å²) >= 11 is 0. The van der Waals surface area contributed by atoms with Crippen molar-refractivity contribution in [3.8, 4) is 0 Å². The van der Waals surface area contributed by atoms with E-state index >= 15 is 0 Å². The molecule has 1 saturated heterocycles. The van der Waals surface area contributed by atoms with E-state index in [1.165, 1.54) is 0 Å². The molecule has 1 fully saturated rings. The van der Waals surface area contributed by atoms with Crippen molar-refractivity contribution < 1.29 is 9.53 Å². The summed E-state index contributed by atoms with van der Waals surface area (Å²) in [5.74, 6) is 0.975. The van der Waals surface area contributed by atoms with E-state index in [9.17, 15) is 4.79 Å². The van der Waals surface area contributed by atoms with Crippen molar-refractivity contribution in [2.45, 2.75) is 59.1 Å². The Morgan fingerprint density at radius 3 is 2.68 bits per heavy atom. The van der Waals surface area contributed by atoms with E-state index in [1.54, 1.807) is 4.90 Å². The van der Waals surface area contributed by atoms with Crippen molar-refractivity contribution in [1.29, 1.82) is 0 Å². The first-order chi connectivity index (χ1) is 14.6. The summed E-state index contributed by atoms with van der Waals surface area (Å²) in [7, 11) is 2.19. The first kappa shape index (κ1) is 21.9. The lowest BCUT2D eigenvalue weighted by Crippen LogP contribution is -2.39. The fraction of sp³-hybridized carbons (Fsp3) is 0.600. The Morgan fingerprint density at radius 2 is 1.97 bits per heavy atom. The normalized spacial score (nSPS) is 25.5. The predicted molar refractivity (Wildman–Crippen MR) is 125 cm³/mol. The van der Waals surface area contributed by atoms with Gasteiger partial charge in [0.15, 0.2) is 0 Å². The third-order valence-electron chi connectivity index (χ3n) is 6.34. The molecule has 1 aromatic carbocycles. The highest BCUT2D eigenvalue weighted by Crippen LogP contribution is 2.32. The van der Waals surface area contributed by atoms with Crippen LogP contribution in [0.15, 0.2) is 30.5 Å². The molecule has 0 saturated carbocycles. The summed E-state index contributed by atoms with van der Waals surface area (Å²) in [5, 5.41) is 6.09. The molecule has 1 aromatic heterocycles. The van der Waals surface area contributed by atoms with Gasteiger partial charge in [0.05, 0.1) is 17.3 Å². The maximum absolute atomic E-state index is 12.9. The molecule has 1 amide bonds. The van der Waals surface area contributed by atoms with Crippen LogP contribution in [0.4, 0.5) is 4.79 Å². The number of hydrogen-bond acceptors (Lipinski definition) is 4. The Labute approximate surface area is 185 Å². The second-order valence-electron chi connectivity index (χ2n) is 10.5. The molecule has 2 aromatic rings. The van der Waals surface area contributed by atoms with Crippen LogP contribution in [0.5, 0.6) is 0 Å². The number of allylic oxidation sites excluding steroid dienone is 1. The molecule has 6 heteroatoms. The highest BCUT2D eigenvalue weighted by molar-refractivity contribution is 5.87. The number of nitrogens with zero attached hydrogens (tertiary/aromatic N) is 4. The fourth-order valence-corrected chi connectivity index (χ4v) is 4.77. The van der Waals surface area contributed by atoms with Crippen LogP contribution >= 0.6 is 0 Å². The van der Waals surface area contributed by atoms with Crippen LogP contribution in [0.3, 0.4) is 0 Å². The van der Waals surface area contributed by atoms with E-state index in [-0.39, 0.29) is 6.09 Å². The highest BCUT2D eigenvalue weighted by atomic mass is 16.6. The van der Waals surface area contributed by atoms with Gasteiger partial charge in [0.25, 0.3) is 0 Å². The van der Waals surface area contributed by atoms with Crippen LogP contribution in [-0.4, -0.2) is 58.0 Å². The zero-order valence-corrected chi connectivity index (χ0v) is 19.8. The molecule has 168 valence electrons. The van der Waals surface area contributed by atoms with Gasteiger partial charge in [0, 0.05) is 30.2 Å². The quantitative estimate of drug-likeness (QED) is 0.668. The molecule has 6 nitrogen and oxygen atoms in total. The molecule has 0 bridgehead atoms. The Kier molecular flexibility index (Phi) is 5.86. The van der Waals surface area contributed by atoms with Gasteiger partial charge in [-0.05, 0) is 65.1 Å². The summed E-state index contributed by atoms with van der Waals surface area (Å²) < 4.78 is 7.85. The number of likely N-dealkylation sites (tertiary alicyclic amines) is 1. The lowest BCUT2D eigenvalue weighted by atomic mass is 9.94. The number of fused-ring (bicyclic) bond motifs is 1. The molecule has 0 unspecified atom stereocenters. The molecule has 2 aliphatic heterocycles. The number of benzene rings is 1. The molecule has 0 radical (unpaired) electrons. The van der Waals surface area contributed by atoms with Gasteiger partial charge in [-0.2, -0.15) is 5.10 Å². The van der Waals surface area contributed by atoms with Crippen LogP contribution in [0.1, 0.15) is 59.1 Å². The molecule has 31 heavy (non-hydrogen) atoms. The number of rotatable bonds is 2. The minimum atomic E-state index is -0.517. The number of hydrogen-bond donors (Lipinski definition) is 0. The number of amides is 1. The van der Waals surface area contributed by atoms with E-state index in [4.69, 9.17) is 9.84 Å². The lowest BCUT2D eigenvalue weighted by Gasteiger charge is -2.34. The number of piperidine rings is 1. The molecule has 2 aliphatic rings. The van der Waals surface area contributed by atoms with Crippen LogP contribution in [0, 0.1) is 11.8 Å². The van der Waals surface area contributed by atoms with E-state index in [0.29, 0.717) is 24.4 Å². The highest BCUT2D eigenvalue weighted by Gasteiger charge is 2.30. The molecule has 0 aliphatic carbocycles. The van der Waals surface area contributed by atoms with E-state index in [1.807, 2.05) is 20.8 Å². The molecule has 3 atom stereocenters. The number of carbonyl (C=O) groups excluding carboxylic acids is 1. The van der Waals surface area contributed by atoms with Crippen LogP contribution in [0.2, 0.25) is 0 Å². The first-order valence-electron chi connectivity index (χ1n) is 11.5. The Balaban J connectivity index is 1.63. The molecule has 0 N–H and O–H groups in total. The third kappa shape index (κ3) is 4.79. The zero-order chi connectivity index (χ0) is 22.3. The monoisotopic (exact) mass is 424 g/mol. The Bertz CT molecular complexity index is 987. The first-order valence-corrected chi connectivity index (χ1v) is 11.5. The number of carbonyl (C=O) groups is 1. The second kappa shape index (κ2) is 8.30. The topological polar surface area (TPSA) is 50.6 Å². The maximum Gasteiger partial charge on any atom is 0.414 e. The van der Waals surface area contributed by atoms with Crippen molar-refractivity contribution in [2.24, 2.45) is 11.8 Å². The van der Waals surface area contributed by atoms with Crippen LogP contribution in [-0.2, 0) is 4.74 Å². The van der Waals surface area contributed by atoms with Gasteiger partial charge in [-0.15, -0.1) is 0 Å². The Hall–Kier alpha value is -2.34. The lowest BCUT2D eigenvalue weighted by molar-refractivity contribution is 0.0327. The average Bonchev–Trinajstić information content (AvgIpc) is 3.09. The number of ether oxygens (including phenoxy) is 1. The second-order valence-corrected chi connectivity index (χ2v) is 10.5. The standard InChI is InChI=1S/C25H36N4O2/c1-17-7-10-23(28(14-17)24(30)31-25(3,4)5)19-8-9-20-16-29(26-21(20)13-19)22-11-12-27(6)15-18(22)2/h8-10,13,16-18,22H,7,11-12,14-15H2,1-6H3/t17-,18+,22+/m0/s1. The van der Waals surface area contributed by atoms with Gasteiger partial charge in [0.2, 0.25) is 0 Å². The minimum absolute atomic E-state index is 0.281.